The summed E-state index contributed by atoms with van der Waals surface area (Å²) in [6.07, 6.45) is 0. The van der Waals surface area contributed by atoms with Crippen molar-refractivity contribution in [1.82, 2.24) is 15.1 Å². The van der Waals surface area contributed by atoms with E-state index in [0.29, 0.717) is 6.04 Å². The Morgan fingerprint density at radius 3 is 2.56 bits per heavy atom. The van der Waals surface area contributed by atoms with E-state index in [4.69, 9.17) is 0 Å². The second-order valence-electron chi connectivity index (χ2n) is 5.16. The summed E-state index contributed by atoms with van der Waals surface area (Å²) in [7, 11) is 0. The first-order valence-electron chi connectivity index (χ1n) is 6.53. The molecule has 0 saturated carbocycles. The van der Waals surface area contributed by atoms with Crippen molar-refractivity contribution < 1.29 is 0 Å². The van der Waals surface area contributed by atoms with Gasteiger partial charge in [-0.3, -0.25) is 9.80 Å². The standard InChI is InChI=1S/C12H25N3S/c1-11(2)15-6-4-14(5-7-15)9-12-10-16-8-3-13-12/h11-13H,3-10H2,1-2H3. The van der Waals surface area contributed by atoms with Crippen LogP contribution in [0.4, 0.5) is 0 Å². The summed E-state index contributed by atoms with van der Waals surface area (Å²) in [5.74, 6) is 2.59. The van der Waals surface area contributed by atoms with Gasteiger partial charge >= 0.3 is 0 Å². The molecule has 2 heterocycles. The van der Waals surface area contributed by atoms with Gasteiger partial charge < -0.3 is 5.32 Å². The first-order valence-corrected chi connectivity index (χ1v) is 7.68. The van der Waals surface area contributed by atoms with E-state index in [0.717, 1.165) is 6.04 Å². The molecule has 0 amide bonds. The summed E-state index contributed by atoms with van der Waals surface area (Å²) >= 11 is 2.10. The molecule has 1 N–H and O–H groups in total. The number of nitrogens with zero attached hydrogens (tertiary/aromatic N) is 2. The second kappa shape index (κ2) is 6.24. The van der Waals surface area contributed by atoms with Crippen molar-refractivity contribution in [3.63, 3.8) is 0 Å². The van der Waals surface area contributed by atoms with Crippen LogP contribution in [0.2, 0.25) is 0 Å². The molecule has 0 aliphatic carbocycles. The highest BCUT2D eigenvalue weighted by Gasteiger charge is 2.22. The van der Waals surface area contributed by atoms with Crippen molar-refractivity contribution >= 4 is 11.8 Å². The van der Waals surface area contributed by atoms with Crippen LogP contribution in [-0.2, 0) is 0 Å². The van der Waals surface area contributed by atoms with Crippen LogP contribution in [0, 0.1) is 0 Å². The van der Waals surface area contributed by atoms with Gasteiger partial charge in [0.25, 0.3) is 0 Å². The molecule has 1 unspecified atom stereocenters. The Kier molecular flexibility index (Phi) is 4.95. The molecule has 1 atom stereocenters. The van der Waals surface area contributed by atoms with Crippen molar-refractivity contribution in [2.75, 3.05) is 50.8 Å². The molecule has 2 aliphatic rings. The number of nitrogens with one attached hydrogen (secondary N) is 1. The SMILES string of the molecule is CC(C)N1CCN(CC2CSCCN2)CC1. The summed E-state index contributed by atoms with van der Waals surface area (Å²) < 4.78 is 0. The van der Waals surface area contributed by atoms with E-state index < -0.39 is 0 Å². The summed E-state index contributed by atoms with van der Waals surface area (Å²) in [6.45, 7) is 12.0. The number of piperazine rings is 1. The fraction of sp³-hybridized carbons (Fsp3) is 1.00. The molecular weight excluding hydrogens is 218 g/mol. The molecule has 94 valence electrons. The van der Waals surface area contributed by atoms with Crippen LogP contribution >= 0.6 is 11.8 Å². The van der Waals surface area contributed by atoms with E-state index >= 15 is 0 Å². The van der Waals surface area contributed by atoms with Crippen LogP contribution in [0.3, 0.4) is 0 Å². The van der Waals surface area contributed by atoms with Crippen LogP contribution in [0.25, 0.3) is 0 Å². The summed E-state index contributed by atoms with van der Waals surface area (Å²) in [4.78, 5) is 5.21. The minimum absolute atomic E-state index is 0.713. The lowest BCUT2D eigenvalue weighted by molar-refractivity contribution is 0.103. The maximum absolute atomic E-state index is 3.62. The van der Waals surface area contributed by atoms with Crippen molar-refractivity contribution in [2.45, 2.75) is 25.9 Å². The molecule has 0 bridgehead atoms. The Bertz CT molecular complexity index is 196. The number of hydrogen-bond acceptors (Lipinski definition) is 4. The molecule has 0 radical (unpaired) electrons. The van der Waals surface area contributed by atoms with E-state index in [1.165, 1.54) is 50.8 Å². The smallest absolute Gasteiger partial charge is 0.0285 e. The Morgan fingerprint density at radius 2 is 2.00 bits per heavy atom. The lowest BCUT2D eigenvalue weighted by Crippen LogP contribution is -2.53. The van der Waals surface area contributed by atoms with Crippen molar-refractivity contribution in [3.8, 4) is 0 Å². The van der Waals surface area contributed by atoms with Crippen LogP contribution in [0.5, 0.6) is 0 Å². The summed E-state index contributed by atoms with van der Waals surface area (Å²) in [5.41, 5.74) is 0. The number of hydrogen-bond donors (Lipinski definition) is 1. The van der Waals surface area contributed by atoms with Crippen molar-refractivity contribution in [2.24, 2.45) is 0 Å². The molecule has 0 aromatic carbocycles. The quantitative estimate of drug-likeness (QED) is 0.787. The minimum atomic E-state index is 0.713. The highest BCUT2D eigenvalue weighted by atomic mass is 32.2. The molecule has 0 aromatic heterocycles. The summed E-state index contributed by atoms with van der Waals surface area (Å²) in [6, 6.07) is 1.44. The first-order chi connectivity index (χ1) is 7.75. The highest BCUT2D eigenvalue weighted by molar-refractivity contribution is 7.99. The molecule has 4 heteroatoms. The van der Waals surface area contributed by atoms with Crippen molar-refractivity contribution in [3.05, 3.63) is 0 Å². The molecular formula is C12H25N3S. The van der Waals surface area contributed by atoms with Gasteiger partial charge in [0, 0.05) is 62.9 Å². The molecule has 2 rings (SSSR count). The third kappa shape index (κ3) is 3.62. The molecule has 3 nitrogen and oxygen atoms in total. The van der Waals surface area contributed by atoms with E-state index in [9.17, 15) is 0 Å². The average molecular weight is 243 g/mol. The lowest BCUT2D eigenvalue weighted by atomic mass is 10.2. The fourth-order valence-corrected chi connectivity index (χ4v) is 3.45. The van der Waals surface area contributed by atoms with Gasteiger partial charge in [0.05, 0.1) is 0 Å². The lowest BCUT2D eigenvalue weighted by Gasteiger charge is -2.39. The predicted octanol–water partition coefficient (Wildman–Crippen LogP) is 0.717. The zero-order valence-electron chi connectivity index (χ0n) is 10.6. The Labute approximate surface area is 104 Å². The van der Waals surface area contributed by atoms with E-state index in [1.54, 1.807) is 0 Å². The molecule has 2 aliphatic heterocycles. The summed E-state index contributed by atoms with van der Waals surface area (Å²) in [5, 5.41) is 3.62. The normalized spacial score (nSPS) is 29.8. The van der Waals surface area contributed by atoms with Gasteiger partial charge in [0.2, 0.25) is 0 Å². The van der Waals surface area contributed by atoms with Crippen LogP contribution in [-0.4, -0.2) is 72.7 Å². The second-order valence-corrected chi connectivity index (χ2v) is 6.31. The fourth-order valence-electron chi connectivity index (χ4n) is 2.51. The van der Waals surface area contributed by atoms with Gasteiger partial charge in [0.15, 0.2) is 0 Å². The Balaban J connectivity index is 1.68. The monoisotopic (exact) mass is 243 g/mol. The third-order valence-corrected chi connectivity index (χ3v) is 4.75. The number of rotatable bonds is 3. The topological polar surface area (TPSA) is 18.5 Å². The first kappa shape index (κ1) is 12.7. The minimum Gasteiger partial charge on any atom is -0.311 e. The van der Waals surface area contributed by atoms with Crippen molar-refractivity contribution in [1.29, 1.82) is 0 Å². The number of thioether (sulfide) groups is 1. The largest absolute Gasteiger partial charge is 0.311 e. The average Bonchev–Trinajstić information content (AvgIpc) is 2.31. The Morgan fingerprint density at radius 1 is 1.25 bits per heavy atom. The van der Waals surface area contributed by atoms with Gasteiger partial charge in [0.1, 0.15) is 0 Å². The van der Waals surface area contributed by atoms with E-state index in [2.05, 4.69) is 40.7 Å². The molecule has 2 saturated heterocycles. The van der Waals surface area contributed by atoms with Crippen LogP contribution in [0.15, 0.2) is 0 Å². The van der Waals surface area contributed by atoms with E-state index in [-0.39, 0.29) is 0 Å². The maximum atomic E-state index is 3.62. The van der Waals surface area contributed by atoms with Crippen LogP contribution in [0.1, 0.15) is 13.8 Å². The zero-order valence-corrected chi connectivity index (χ0v) is 11.4. The molecule has 0 aromatic rings. The molecule has 16 heavy (non-hydrogen) atoms. The van der Waals surface area contributed by atoms with Gasteiger partial charge in [-0.05, 0) is 13.8 Å². The predicted molar refractivity (Wildman–Crippen MR) is 72.3 cm³/mol. The van der Waals surface area contributed by atoms with Gasteiger partial charge in [-0.1, -0.05) is 0 Å². The van der Waals surface area contributed by atoms with Gasteiger partial charge in [-0.25, -0.2) is 0 Å². The Hall–Kier alpha value is 0.230. The third-order valence-electron chi connectivity index (χ3n) is 3.61. The molecule has 2 fully saturated rings. The van der Waals surface area contributed by atoms with Gasteiger partial charge in [-0.2, -0.15) is 11.8 Å². The molecule has 0 spiro atoms. The van der Waals surface area contributed by atoms with E-state index in [1.807, 2.05) is 0 Å². The van der Waals surface area contributed by atoms with Gasteiger partial charge in [-0.15, -0.1) is 0 Å². The highest BCUT2D eigenvalue weighted by Crippen LogP contribution is 2.11. The zero-order chi connectivity index (χ0) is 11.4. The maximum Gasteiger partial charge on any atom is 0.0285 e. The van der Waals surface area contributed by atoms with Crippen LogP contribution < -0.4 is 5.32 Å².